The highest BCUT2D eigenvalue weighted by Gasteiger charge is 2.41. The highest BCUT2D eigenvalue weighted by atomic mass is 35.5. The maximum atomic E-state index is 13.0. The van der Waals surface area contributed by atoms with Crippen LogP contribution < -0.4 is 10.6 Å². The molecule has 9 heteroatoms. The number of nitrogens with zero attached hydrogens (tertiary/aromatic N) is 4. The van der Waals surface area contributed by atoms with Crippen molar-refractivity contribution in [3.05, 3.63) is 57.5 Å². The monoisotopic (exact) mass is 429 g/mol. The lowest BCUT2D eigenvalue weighted by Gasteiger charge is -2.38. The van der Waals surface area contributed by atoms with Gasteiger partial charge in [0.25, 0.3) is 0 Å². The van der Waals surface area contributed by atoms with Gasteiger partial charge in [-0.3, -0.25) is 9.69 Å². The lowest BCUT2D eigenvalue weighted by atomic mass is 9.76. The summed E-state index contributed by atoms with van der Waals surface area (Å²) in [5.74, 6) is -0.263. The van der Waals surface area contributed by atoms with E-state index in [4.69, 9.17) is 17.3 Å². The zero-order chi connectivity index (χ0) is 19.8. The summed E-state index contributed by atoms with van der Waals surface area (Å²) >= 11 is 9.31. The Bertz CT molecular complexity index is 1070. The molecule has 1 aliphatic carbocycles. The molecule has 0 amide bonds. The fourth-order valence-corrected chi connectivity index (χ4v) is 5.24. The molecule has 1 atom stereocenters. The molecule has 142 valence electrons. The summed E-state index contributed by atoms with van der Waals surface area (Å²) in [7, 11) is 0. The Morgan fingerprint density at radius 3 is 2.82 bits per heavy atom. The first-order chi connectivity index (χ1) is 13.6. The first-order valence-electron chi connectivity index (χ1n) is 8.64. The second-order valence-electron chi connectivity index (χ2n) is 6.39. The number of aromatic nitrogens is 2. The molecule has 0 radical (unpaired) electrons. The molecule has 28 heavy (non-hydrogen) atoms. The van der Waals surface area contributed by atoms with Crippen LogP contribution in [0.15, 0.2) is 51.3 Å². The van der Waals surface area contributed by atoms with E-state index in [1.54, 1.807) is 11.0 Å². The van der Waals surface area contributed by atoms with Gasteiger partial charge < -0.3 is 5.73 Å². The van der Waals surface area contributed by atoms with Gasteiger partial charge in [0.2, 0.25) is 5.13 Å². The maximum Gasteiger partial charge on any atom is 0.219 e. The number of hydrogen-bond donors (Lipinski definition) is 1. The van der Waals surface area contributed by atoms with Crippen LogP contribution in [0.4, 0.5) is 5.13 Å². The highest BCUT2D eigenvalue weighted by Crippen LogP contribution is 2.48. The van der Waals surface area contributed by atoms with Crippen LogP contribution in [0.5, 0.6) is 0 Å². The molecule has 2 aliphatic rings. The molecule has 2 heterocycles. The van der Waals surface area contributed by atoms with E-state index in [0.29, 0.717) is 39.7 Å². The summed E-state index contributed by atoms with van der Waals surface area (Å²) in [5.41, 5.74) is 8.88. The lowest BCUT2D eigenvalue weighted by molar-refractivity contribution is -0.116. The Kier molecular flexibility index (Phi) is 5.15. The third-order valence-electron chi connectivity index (χ3n) is 4.89. The number of nitriles is 1. The second kappa shape index (κ2) is 7.59. The first-order valence-corrected chi connectivity index (χ1v) is 11.1. The Hall–Kier alpha value is -2.34. The molecule has 2 aromatic rings. The van der Waals surface area contributed by atoms with Gasteiger partial charge in [-0.05, 0) is 30.7 Å². The minimum absolute atomic E-state index is 0.0195. The van der Waals surface area contributed by atoms with Crippen molar-refractivity contribution in [2.45, 2.75) is 29.5 Å². The van der Waals surface area contributed by atoms with Crippen molar-refractivity contribution >= 4 is 45.6 Å². The van der Waals surface area contributed by atoms with Crippen molar-refractivity contribution in [2.75, 3.05) is 11.2 Å². The minimum atomic E-state index is -0.564. The molecule has 0 saturated heterocycles. The van der Waals surface area contributed by atoms with E-state index in [2.05, 4.69) is 16.3 Å². The summed E-state index contributed by atoms with van der Waals surface area (Å²) in [6, 6.07) is 9.50. The van der Waals surface area contributed by atoms with Crippen molar-refractivity contribution in [1.29, 1.82) is 5.26 Å². The number of ketones is 1. The third kappa shape index (κ3) is 3.00. The number of allylic oxidation sites excluding steroid dienone is 3. The Labute approximate surface area is 175 Å². The average molecular weight is 430 g/mol. The number of carbonyl (C=O) groups is 1. The summed E-state index contributed by atoms with van der Waals surface area (Å²) in [6.45, 7) is 0. The van der Waals surface area contributed by atoms with Gasteiger partial charge in [-0.25, -0.2) is 0 Å². The van der Waals surface area contributed by atoms with Crippen LogP contribution in [-0.4, -0.2) is 22.2 Å². The van der Waals surface area contributed by atoms with Crippen LogP contribution in [0.3, 0.4) is 0 Å². The number of anilines is 1. The predicted molar refractivity (Wildman–Crippen MR) is 111 cm³/mol. The van der Waals surface area contributed by atoms with Gasteiger partial charge in [-0.15, -0.1) is 10.2 Å². The van der Waals surface area contributed by atoms with Gasteiger partial charge in [-0.2, -0.15) is 5.26 Å². The van der Waals surface area contributed by atoms with Crippen molar-refractivity contribution in [1.82, 2.24) is 10.2 Å². The van der Waals surface area contributed by atoms with Gasteiger partial charge in [0.05, 0.1) is 17.6 Å². The van der Waals surface area contributed by atoms with Gasteiger partial charge in [0, 0.05) is 22.7 Å². The number of rotatable bonds is 3. The lowest BCUT2D eigenvalue weighted by Crippen LogP contribution is -2.38. The summed E-state index contributed by atoms with van der Waals surface area (Å²) in [5, 5.41) is 19.4. The average Bonchev–Trinajstić information content (AvgIpc) is 3.16. The van der Waals surface area contributed by atoms with E-state index < -0.39 is 5.92 Å². The normalized spacial score (nSPS) is 19.7. The predicted octanol–water partition coefficient (Wildman–Crippen LogP) is 4.22. The Morgan fingerprint density at radius 1 is 1.36 bits per heavy atom. The number of nitrogens with two attached hydrogens (primary N) is 1. The molecule has 0 bridgehead atoms. The standard InChI is InChI=1S/C19H16ClN5OS2/c1-27-19-24-23-18(28-19)25-13-7-4-8-14(26)16(13)15(11(9-21)17(25)22)10-5-2-3-6-12(10)20/h2-3,5-6,15H,4,7-8,22H2,1H3. The molecule has 6 nitrogen and oxygen atoms in total. The highest BCUT2D eigenvalue weighted by molar-refractivity contribution is 8.00. The summed E-state index contributed by atoms with van der Waals surface area (Å²) < 4.78 is 0.791. The molecule has 0 saturated carbocycles. The van der Waals surface area contributed by atoms with E-state index in [1.807, 2.05) is 24.5 Å². The van der Waals surface area contributed by atoms with Gasteiger partial charge in [0.1, 0.15) is 5.82 Å². The number of carbonyl (C=O) groups excluding carboxylic acids is 1. The second-order valence-corrected chi connectivity index (χ2v) is 8.81. The molecule has 2 N–H and O–H groups in total. The molecule has 1 aliphatic heterocycles. The molecule has 1 unspecified atom stereocenters. The summed E-state index contributed by atoms with van der Waals surface area (Å²) in [4.78, 5) is 14.7. The smallest absolute Gasteiger partial charge is 0.219 e. The summed E-state index contributed by atoms with van der Waals surface area (Å²) in [6.07, 6.45) is 3.77. The van der Waals surface area contributed by atoms with E-state index in [-0.39, 0.29) is 11.6 Å². The van der Waals surface area contributed by atoms with Crippen molar-refractivity contribution in [3.63, 3.8) is 0 Å². The molecular formula is C19H16ClN5OS2. The van der Waals surface area contributed by atoms with E-state index in [0.717, 1.165) is 16.5 Å². The fourth-order valence-electron chi connectivity index (χ4n) is 3.70. The SMILES string of the molecule is CSc1nnc(N2C(N)=C(C#N)C(c3ccccc3Cl)C3=C2CCCC3=O)s1. The number of hydrogen-bond acceptors (Lipinski definition) is 8. The Balaban J connectivity index is 1.97. The first kappa shape index (κ1) is 19.0. The van der Waals surface area contributed by atoms with Crippen LogP contribution in [-0.2, 0) is 4.79 Å². The third-order valence-corrected chi connectivity index (χ3v) is 7.12. The molecule has 1 aromatic carbocycles. The van der Waals surface area contributed by atoms with Crippen molar-refractivity contribution in [2.24, 2.45) is 5.73 Å². The van der Waals surface area contributed by atoms with Crippen LogP contribution in [0.1, 0.15) is 30.7 Å². The topological polar surface area (TPSA) is 95.9 Å². The number of thioether (sulfide) groups is 1. The van der Waals surface area contributed by atoms with Crippen LogP contribution in [0, 0.1) is 11.3 Å². The van der Waals surface area contributed by atoms with Gasteiger partial charge in [0.15, 0.2) is 10.1 Å². The number of benzene rings is 1. The van der Waals surface area contributed by atoms with Crippen molar-refractivity contribution < 1.29 is 4.79 Å². The molecule has 0 spiro atoms. The van der Waals surface area contributed by atoms with E-state index in [9.17, 15) is 10.1 Å². The molecule has 1 aromatic heterocycles. The van der Waals surface area contributed by atoms with Crippen LogP contribution in [0.2, 0.25) is 5.02 Å². The molecule has 0 fully saturated rings. The largest absolute Gasteiger partial charge is 0.384 e. The van der Waals surface area contributed by atoms with E-state index in [1.165, 1.54) is 23.1 Å². The van der Waals surface area contributed by atoms with Crippen LogP contribution >= 0.6 is 34.7 Å². The van der Waals surface area contributed by atoms with Crippen molar-refractivity contribution in [3.8, 4) is 6.07 Å². The van der Waals surface area contributed by atoms with E-state index >= 15 is 0 Å². The number of halogens is 1. The van der Waals surface area contributed by atoms with Gasteiger partial charge in [-0.1, -0.05) is 52.9 Å². The Morgan fingerprint density at radius 2 is 2.14 bits per heavy atom. The zero-order valence-corrected chi connectivity index (χ0v) is 17.4. The minimum Gasteiger partial charge on any atom is -0.384 e. The molecule has 4 rings (SSSR count). The van der Waals surface area contributed by atoms with Gasteiger partial charge >= 0.3 is 0 Å². The zero-order valence-electron chi connectivity index (χ0n) is 15.0. The molecular weight excluding hydrogens is 414 g/mol. The van der Waals surface area contributed by atoms with Crippen LogP contribution in [0.25, 0.3) is 0 Å². The maximum absolute atomic E-state index is 13.0. The quantitative estimate of drug-likeness (QED) is 0.729. The number of Topliss-reactive ketones (excluding diaryl/α,β-unsaturated/α-hetero) is 1. The fraction of sp³-hybridized carbons (Fsp3) is 0.263.